The number of rotatable bonds is 9. The molecule has 0 spiro atoms. The first-order valence-electron chi connectivity index (χ1n) is 10.9. The summed E-state index contributed by atoms with van der Waals surface area (Å²) in [4.78, 5) is 14.4. The fourth-order valence-corrected chi connectivity index (χ4v) is 6.14. The van der Waals surface area contributed by atoms with Crippen LogP contribution in [0, 0.1) is 0 Å². The van der Waals surface area contributed by atoms with Crippen LogP contribution in [0.4, 0.5) is 0 Å². The molecule has 0 radical (unpaired) electrons. The summed E-state index contributed by atoms with van der Waals surface area (Å²) in [6.07, 6.45) is 2.90. The van der Waals surface area contributed by atoms with Gasteiger partial charge in [-0.1, -0.05) is 18.2 Å². The minimum absolute atomic E-state index is 0.0782. The van der Waals surface area contributed by atoms with Crippen molar-refractivity contribution in [2.45, 2.75) is 56.6 Å². The van der Waals surface area contributed by atoms with Crippen LogP contribution >= 0.6 is 11.8 Å². The highest BCUT2D eigenvalue weighted by molar-refractivity contribution is 7.99. The van der Waals surface area contributed by atoms with Gasteiger partial charge in [0.25, 0.3) is 0 Å². The van der Waals surface area contributed by atoms with Crippen molar-refractivity contribution in [2.75, 3.05) is 31.9 Å². The van der Waals surface area contributed by atoms with Gasteiger partial charge in [-0.3, -0.25) is 4.79 Å². The van der Waals surface area contributed by atoms with Crippen LogP contribution in [0.1, 0.15) is 40.0 Å². The van der Waals surface area contributed by atoms with Gasteiger partial charge < -0.3 is 9.47 Å². The van der Waals surface area contributed by atoms with Crippen LogP contribution < -0.4 is 0 Å². The fourth-order valence-electron chi connectivity index (χ4n) is 3.72. The quantitative estimate of drug-likeness (QED) is 0.529. The predicted octanol–water partition coefficient (Wildman–Crippen LogP) is 3.10. The molecule has 0 atom stereocenters. The molecule has 1 saturated heterocycles. The number of hydrogen-bond donors (Lipinski definition) is 0. The molecule has 1 aliphatic heterocycles. The predicted molar refractivity (Wildman–Crippen MR) is 122 cm³/mol. The summed E-state index contributed by atoms with van der Waals surface area (Å²) in [7, 11) is -3.46. The third-order valence-corrected chi connectivity index (χ3v) is 8.40. The second-order valence-corrected chi connectivity index (χ2v) is 10.3. The van der Waals surface area contributed by atoms with Gasteiger partial charge in [0.2, 0.25) is 15.9 Å². The minimum atomic E-state index is -3.46. The molecule has 0 aliphatic carbocycles. The number of carbonyl (C=O) groups excluding carboxylic acids is 1. The highest BCUT2D eigenvalue weighted by Gasteiger charge is 2.26. The molecular formula is C21H31N5O3S2. The van der Waals surface area contributed by atoms with E-state index in [9.17, 15) is 13.2 Å². The van der Waals surface area contributed by atoms with Gasteiger partial charge in [-0.2, -0.15) is 4.31 Å². The molecule has 10 heteroatoms. The van der Waals surface area contributed by atoms with Crippen LogP contribution in [0.25, 0.3) is 11.4 Å². The Morgan fingerprint density at radius 1 is 1.03 bits per heavy atom. The van der Waals surface area contributed by atoms with E-state index in [0.29, 0.717) is 54.4 Å². The molecule has 8 nitrogen and oxygen atoms in total. The van der Waals surface area contributed by atoms with Crippen molar-refractivity contribution in [3.05, 3.63) is 24.3 Å². The Labute approximate surface area is 189 Å². The van der Waals surface area contributed by atoms with Gasteiger partial charge in [0.1, 0.15) is 0 Å². The Balaban J connectivity index is 1.76. The first kappa shape index (κ1) is 23.7. The van der Waals surface area contributed by atoms with E-state index in [1.165, 1.54) is 11.8 Å². The summed E-state index contributed by atoms with van der Waals surface area (Å²) >= 11 is 1.38. The number of carbonyl (C=O) groups is 1. The van der Waals surface area contributed by atoms with Gasteiger partial charge in [0, 0.05) is 38.3 Å². The fraction of sp³-hybridized carbons (Fsp3) is 0.571. The maximum Gasteiger partial charge on any atom is 0.243 e. The van der Waals surface area contributed by atoms with Gasteiger partial charge in [-0.05, 0) is 57.9 Å². The van der Waals surface area contributed by atoms with Crippen LogP contribution in [-0.2, 0) is 21.4 Å². The van der Waals surface area contributed by atoms with E-state index < -0.39 is 10.0 Å². The van der Waals surface area contributed by atoms with Crippen LogP contribution in [0.15, 0.2) is 34.3 Å². The average Bonchev–Trinajstić information content (AvgIpc) is 3.22. The zero-order valence-electron chi connectivity index (χ0n) is 18.5. The summed E-state index contributed by atoms with van der Waals surface area (Å²) in [5.74, 6) is 1.06. The number of benzene rings is 1. The SMILES string of the molecule is CCN(CC)C(=O)CSc1nnc(-c2ccc(S(=O)(=O)N3CCCCC3)cc2)n1CC. The molecule has 1 aromatic carbocycles. The van der Waals surface area contributed by atoms with Gasteiger partial charge in [0.15, 0.2) is 11.0 Å². The lowest BCUT2D eigenvalue weighted by Crippen LogP contribution is -2.35. The lowest BCUT2D eigenvalue weighted by molar-refractivity contribution is -0.127. The molecule has 1 fully saturated rings. The molecule has 0 bridgehead atoms. The van der Waals surface area contributed by atoms with Gasteiger partial charge >= 0.3 is 0 Å². The summed E-state index contributed by atoms with van der Waals surface area (Å²) in [6, 6.07) is 6.85. The second kappa shape index (κ2) is 10.6. The van der Waals surface area contributed by atoms with Crippen molar-refractivity contribution >= 4 is 27.7 Å². The largest absolute Gasteiger partial charge is 0.343 e. The standard InChI is InChI=1S/C21H31N5O3S2/c1-4-24(5-2)19(27)16-30-21-23-22-20(26(21)6-3)17-10-12-18(13-11-17)31(28,29)25-14-8-7-9-15-25/h10-13H,4-9,14-16H2,1-3H3. The Morgan fingerprint density at radius 3 is 2.26 bits per heavy atom. The minimum Gasteiger partial charge on any atom is -0.343 e. The van der Waals surface area contributed by atoms with Crippen molar-refractivity contribution in [3.63, 3.8) is 0 Å². The van der Waals surface area contributed by atoms with E-state index in [-0.39, 0.29) is 5.91 Å². The number of hydrogen-bond acceptors (Lipinski definition) is 6. The van der Waals surface area contributed by atoms with E-state index in [4.69, 9.17) is 0 Å². The monoisotopic (exact) mass is 465 g/mol. The van der Waals surface area contributed by atoms with E-state index in [2.05, 4.69) is 10.2 Å². The zero-order valence-corrected chi connectivity index (χ0v) is 20.1. The smallest absolute Gasteiger partial charge is 0.243 e. The molecule has 0 N–H and O–H groups in total. The second-order valence-electron chi connectivity index (χ2n) is 7.39. The summed E-state index contributed by atoms with van der Waals surface area (Å²) in [5.41, 5.74) is 0.800. The normalized spacial score (nSPS) is 15.2. The summed E-state index contributed by atoms with van der Waals surface area (Å²) in [6.45, 7) is 9.13. The van der Waals surface area contributed by atoms with Crippen LogP contribution in [0.3, 0.4) is 0 Å². The van der Waals surface area contributed by atoms with Crippen molar-refractivity contribution < 1.29 is 13.2 Å². The maximum absolute atomic E-state index is 12.9. The van der Waals surface area contributed by atoms with Crippen molar-refractivity contribution in [1.82, 2.24) is 24.0 Å². The van der Waals surface area contributed by atoms with Crippen molar-refractivity contribution in [2.24, 2.45) is 0 Å². The van der Waals surface area contributed by atoms with Gasteiger partial charge in [-0.25, -0.2) is 8.42 Å². The molecule has 0 unspecified atom stereocenters. The Bertz CT molecular complexity index is 979. The Morgan fingerprint density at radius 2 is 1.68 bits per heavy atom. The molecule has 31 heavy (non-hydrogen) atoms. The first-order valence-corrected chi connectivity index (χ1v) is 13.3. The maximum atomic E-state index is 12.9. The van der Waals surface area contributed by atoms with E-state index in [0.717, 1.165) is 24.8 Å². The number of thioether (sulfide) groups is 1. The Hall–Kier alpha value is -1.91. The van der Waals surface area contributed by atoms with Crippen LogP contribution in [0.2, 0.25) is 0 Å². The third kappa shape index (κ3) is 5.30. The van der Waals surface area contributed by atoms with E-state index >= 15 is 0 Å². The molecule has 1 aromatic heterocycles. The molecule has 2 aromatic rings. The zero-order chi connectivity index (χ0) is 22.4. The highest BCUT2D eigenvalue weighted by atomic mass is 32.2. The number of amides is 1. The topological polar surface area (TPSA) is 88.4 Å². The highest BCUT2D eigenvalue weighted by Crippen LogP contribution is 2.27. The molecule has 1 aliphatic rings. The molecule has 1 amide bonds. The lowest BCUT2D eigenvalue weighted by Gasteiger charge is -2.25. The van der Waals surface area contributed by atoms with E-state index in [1.54, 1.807) is 33.5 Å². The number of aromatic nitrogens is 3. The lowest BCUT2D eigenvalue weighted by atomic mass is 10.2. The molecule has 3 rings (SSSR count). The third-order valence-electron chi connectivity index (χ3n) is 5.54. The Kier molecular flexibility index (Phi) is 8.12. The van der Waals surface area contributed by atoms with E-state index in [1.807, 2.05) is 25.3 Å². The van der Waals surface area contributed by atoms with Crippen LogP contribution in [-0.4, -0.2) is 70.2 Å². The van der Waals surface area contributed by atoms with Gasteiger partial charge in [-0.15, -0.1) is 10.2 Å². The number of nitrogens with zero attached hydrogens (tertiary/aromatic N) is 5. The number of sulfonamides is 1. The van der Waals surface area contributed by atoms with Crippen molar-refractivity contribution in [1.29, 1.82) is 0 Å². The average molecular weight is 466 g/mol. The first-order chi connectivity index (χ1) is 14.9. The summed E-state index contributed by atoms with van der Waals surface area (Å²) < 4.78 is 29.3. The van der Waals surface area contributed by atoms with Crippen LogP contribution in [0.5, 0.6) is 0 Å². The van der Waals surface area contributed by atoms with Gasteiger partial charge in [0.05, 0.1) is 10.6 Å². The molecule has 2 heterocycles. The number of piperidine rings is 1. The van der Waals surface area contributed by atoms with Crippen molar-refractivity contribution in [3.8, 4) is 11.4 Å². The summed E-state index contributed by atoms with van der Waals surface area (Å²) in [5, 5.41) is 9.26. The molecule has 0 saturated carbocycles. The molecule has 170 valence electrons. The molecular weight excluding hydrogens is 434 g/mol.